The minimum absolute atomic E-state index is 0.112. The predicted molar refractivity (Wildman–Crippen MR) is 60.5 cm³/mol. The number of nitrogens with one attached hydrogen (secondary N) is 1. The van der Waals surface area contributed by atoms with Gasteiger partial charge >= 0.3 is 0 Å². The van der Waals surface area contributed by atoms with Gasteiger partial charge in [0.25, 0.3) is 0 Å². The van der Waals surface area contributed by atoms with Crippen molar-refractivity contribution in [3.8, 4) is 0 Å². The van der Waals surface area contributed by atoms with Crippen molar-refractivity contribution >= 4 is 5.69 Å². The molecule has 0 fully saturated rings. The van der Waals surface area contributed by atoms with E-state index >= 15 is 0 Å². The van der Waals surface area contributed by atoms with Crippen molar-refractivity contribution in [3.05, 3.63) is 53.6 Å². The number of aryl methyl sites for hydroxylation is 1. The van der Waals surface area contributed by atoms with Gasteiger partial charge in [-0.05, 0) is 24.6 Å². The quantitative estimate of drug-likeness (QED) is 0.888. The van der Waals surface area contributed by atoms with Crippen LogP contribution < -0.4 is 5.32 Å². The lowest BCUT2D eigenvalue weighted by atomic mass is 10.2. The molecule has 1 N–H and O–H groups in total. The molecule has 88 valence electrons. The minimum atomic E-state index is -0.486. The summed E-state index contributed by atoms with van der Waals surface area (Å²) in [4.78, 5) is 7.95. The van der Waals surface area contributed by atoms with Gasteiger partial charge in [0.2, 0.25) is 0 Å². The molecule has 0 aliphatic rings. The molecule has 0 spiro atoms. The molecule has 2 rings (SSSR count). The molecule has 0 radical (unpaired) electrons. The van der Waals surface area contributed by atoms with E-state index in [1.54, 1.807) is 18.5 Å². The van der Waals surface area contributed by atoms with E-state index in [2.05, 4.69) is 15.3 Å². The van der Waals surface area contributed by atoms with E-state index in [1.807, 2.05) is 0 Å². The van der Waals surface area contributed by atoms with Gasteiger partial charge in [-0.2, -0.15) is 0 Å². The Balaban J connectivity index is 2.12. The Morgan fingerprint density at radius 3 is 2.53 bits per heavy atom. The van der Waals surface area contributed by atoms with Gasteiger partial charge in [0.1, 0.15) is 17.5 Å². The first kappa shape index (κ1) is 11.4. The number of hydrogen-bond donors (Lipinski definition) is 1. The Hall–Kier alpha value is -2.04. The molecule has 0 aliphatic heterocycles. The van der Waals surface area contributed by atoms with Gasteiger partial charge < -0.3 is 5.32 Å². The van der Waals surface area contributed by atoms with E-state index in [4.69, 9.17) is 0 Å². The van der Waals surface area contributed by atoms with E-state index in [-0.39, 0.29) is 17.8 Å². The number of halogens is 2. The van der Waals surface area contributed by atoms with Crippen molar-refractivity contribution in [2.75, 3.05) is 5.32 Å². The molecule has 0 saturated carbocycles. The monoisotopic (exact) mass is 235 g/mol. The first-order valence-electron chi connectivity index (χ1n) is 5.12. The lowest BCUT2D eigenvalue weighted by molar-refractivity contribution is 0.594. The van der Waals surface area contributed by atoms with Crippen molar-refractivity contribution in [3.63, 3.8) is 0 Å². The number of anilines is 1. The maximum Gasteiger partial charge on any atom is 0.147 e. The molecule has 0 amide bonds. The van der Waals surface area contributed by atoms with E-state index < -0.39 is 11.6 Å². The van der Waals surface area contributed by atoms with Gasteiger partial charge in [-0.15, -0.1) is 0 Å². The Kier molecular flexibility index (Phi) is 3.27. The maximum absolute atomic E-state index is 13.5. The summed E-state index contributed by atoms with van der Waals surface area (Å²) in [5, 5.41) is 2.76. The van der Waals surface area contributed by atoms with Crippen molar-refractivity contribution in [1.29, 1.82) is 0 Å². The fraction of sp³-hybridized carbons (Fsp3) is 0.167. The topological polar surface area (TPSA) is 37.8 Å². The van der Waals surface area contributed by atoms with Crippen LogP contribution in [0.5, 0.6) is 0 Å². The molecule has 0 saturated heterocycles. The number of hydrogen-bond acceptors (Lipinski definition) is 3. The van der Waals surface area contributed by atoms with Crippen molar-refractivity contribution in [2.24, 2.45) is 0 Å². The van der Waals surface area contributed by atoms with Crippen LogP contribution in [0.3, 0.4) is 0 Å². The van der Waals surface area contributed by atoms with Crippen LogP contribution >= 0.6 is 0 Å². The van der Waals surface area contributed by atoms with Gasteiger partial charge in [0.05, 0.1) is 12.2 Å². The SMILES string of the molecule is Cc1cc(F)c(NCc2ncccn2)cc1F. The molecule has 5 heteroatoms. The average Bonchev–Trinajstić information content (AvgIpc) is 2.33. The molecular weight excluding hydrogens is 224 g/mol. The highest BCUT2D eigenvalue weighted by molar-refractivity contribution is 5.46. The second-order valence-electron chi connectivity index (χ2n) is 3.60. The Labute approximate surface area is 97.5 Å². The Morgan fingerprint density at radius 2 is 1.82 bits per heavy atom. The van der Waals surface area contributed by atoms with E-state index in [0.29, 0.717) is 5.82 Å². The van der Waals surface area contributed by atoms with Crippen LogP contribution in [0.4, 0.5) is 14.5 Å². The molecule has 3 nitrogen and oxygen atoms in total. The van der Waals surface area contributed by atoms with Gasteiger partial charge in [0, 0.05) is 18.5 Å². The Bertz CT molecular complexity index is 515. The van der Waals surface area contributed by atoms with Gasteiger partial charge in [0.15, 0.2) is 0 Å². The minimum Gasteiger partial charge on any atom is -0.375 e. The fourth-order valence-corrected chi connectivity index (χ4v) is 1.38. The third-order valence-corrected chi connectivity index (χ3v) is 2.30. The molecule has 0 unspecified atom stereocenters. The van der Waals surface area contributed by atoms with Crippen LogP contribution in [0.1, 0.15) is 11.4 Å². The second-order valence-corrected chi connectivity index (χ2v) is 3.60. The summed E-state index contributed by atoms with van der Waals surface area (Å²) in [5.74, 6) is -0.407. The lowest BCUT2D eigenvalue weighted by Gasteiger charge is -2.07. The van der Waals surface area contributed by atoms with Crippen molar-refractivity contribution in [2.45, 2.75) is 13.5 Å². The largest absolute Gasteiger partial charge is 0.375 e. The molecule has 1 aromatic heterocycles. The zero-order valence-corrected chi connectivity index (χ0v) is 9.24. The summed E-state index contributed by atoms with van der Waals surface area (Å²) in [5.41, 5.74) is 0.393. The first-order valence-corrected chi connectivity index (χ1v) is 5.12. The fourth-order valence-electron chi connectivity index (χ4n) is 1.38. The van der Waals surface area contributed by atoms with Crippen molar-refractivity contribution < 1.29 is 8.78 Å². The molecule has 0 aliphatic carbocycles. The van der Waals surface area contributed by atoms with Crippen LogP contribution in [0, 0.1) is 18.6 Å². The average molecular weight is 235 g/mol. The third-order valence-electron chi connectivity index (χ3n) is 2.30. The second kappa shape index (κ2) is 4.86. The highest BCUT2D eigenvalue weighted by Crippen LogP contribution is 2.19. The summed E-state index contributed by atoms with van der Waals surface area (Å²) in [6, 6.07) is 3.98. The van der Waals surface area contributed by atoms with Crippen LogP contribution in [0.15, 0.2) is 30.6 Å². The third kappa shape index (κ3) is 2.75. The van der Waals surface area contributed by atoms with Crippen LogP contribution in [0.25, 0.3) is 0 Å². The van der Waals surface area contributed by atoms with E-state index in [0.717, 1.165) is 12.1 Å². The summed E-state index contributed by atoms with van der Waals surface area (Å²) in [7, 11) is 0. The summed E-state index contributed by atoms with van der Waals surface area (Å²) in [6.07, 6.45) is 3.19. The first-order chi connectivity index (χ1) is 8.16. The molecular formula is C12H11F2N3. The van der Waals surface area contributed by atoms with Gasteiger partial charge in [-0.1, -0.05) is 0 Å². The molecule has 1 aromatic carbocycles. The van der Waals surface area contributed by atoms with Crippen LogP contribution in [-0.2, 0) is 6.54 Å². The standard InChI is InChI=1S/C12H11F2N3/c1-8-5-10(14)11(6-9(8)13)17-7-12-15-3-2-4-16-12/h2-6,17H,7H2,1H3. The predicted octanol–water partition coefficient (Wildman–Crippen LogP) is 2.68. The normalized spacial score (nSPS) is 10.3. The molecule has 17 heavy (non-hydrogen) atoms. The maximum atomic E-state index is 13.5. The van der Waals surface area contributed by atoms with E-state index in [9.17, 15) is 8.78 Å². The number of benzene rings is 1. The summed E-state index contributed by atoms with van der Waals surface area (Å²) >= 11 is 0. The summed E-state index contributed by atoms with van der Waals surface area (Å²) in [6.45, 7) is 1.77. The molecule has 0 bridgehead atoms. The number of aromatic nitrogens is 2. The smallest absolute Gasteiger partial charge is 0.147 e. The van der Waals surface area contributed by atoms with E-state index in [1.165, 1.54) is 6.92 Å². The number of nitrogens with zero attached hydrogens (tertiary/aromatic N) is 2. The molecule has 0 atom stereocenters. The van der Waals surface area contributed by atoms with Crippen LogP contribution in [-0.4, -0.2) is 9.97 Å². The molecule has 2 aromatic rings. The Morgan fingerprint density at radius 1 is 1.12 bits per heavy atom. The zero-order valence-electron chi connectivity index (χ0n) is 9.24. The van der Waals surface area contributed by atoms with Crippen molar-refractivity contribution in [1.82, 2.24) is 9.97 Å². The lowest BCUT2D eigenvalue weighted by Crippen LogP contribution is -2.05. The molecule has 1 heterocycles. The highest BCUT2D eigenvalue weighted by Gasteiger charge is 2.07. The van der Waals surface area contributed by atoms with Gasteiger partial charge in [-0.3, -0.25) is 0 Å². The number of rotatable bonds is 3. The summed E-state index contributed by atoms with van der Waals surface area (Å²) < 4.78 is 26.7. The van der Waals surface area contributed by atoms with Gasteiger partial charge in [-0.25, -0.2) is 18.7 Å². The zero-order chi connectivity index (χ0) is 12.3. The van der Waals surface area contributed by atoms with Crippen LogP contribution in [0.2, 0.25) is 0 Å². The highest BCUT2D eigenvalue weighted by atomic mass is 19.1.